The molecule has 112 valence electrons. The molecule has 2 fully saturated rings. The smallest absolute Gasteiger partial charge is 0.0869 e. The molecule has 2 aliphatic rings. The van der Waals surface area contributed by atoms with Gasteiger partial charge in [0.25, 0.3) is 0 Å². The molecule has 4 heteroatoms. The summed E-state index contributed by atoms with van der Waals surface area (Å²) in [6.07, 6.45) is 2.82. The maximum absolute atomic E-state index is 10.4. The predicted octanol–water partition coefficient (Wildman–Crippen LogP) is 1.09. The van der Waals surface area contributed by atoms with E-state index in [0.29, 0.717) is 31.2 Å². The zero-order valence-electron chi connectivity index (χ0n) is 13.1. The van der Waals surface area contributed by atoms with E-state index >= 15 is 0 Å². The quantitative estimate of drug-likeness (QED) is 0.785. The lowest BCUT2D eigenvalue weighted by Gasteiger charge is -2.60. The van der Waals surface area contributed by atoms with Crippen molar-refractivity contribution in [2.24, 2.45) is 11.3 Å². The molecular formula is C15H30N2O2. The van der Waals surface area contributed by atoms with Crippen molar-refractivity contribution in [2.45, 2.75) is 51.4 Å². The van der Waals surface area contributed by atoms with Crippen molar-refractivity contribution >= 4 is 0 Å². The molecule has 1 saturated carbocycles. The first-order valence-corrected chi connectivity index (χ1v) is 7.46. The third-order valence-corrected chi connectivity index (χ3v) is 4.69. The lowest BCUT2D eigenvalue weighted by Crippen LogP contribution is -2.70. The average Bonchev–Trinajstić information content (AvgIpc) is 2.26. The summed E-state index contributed by atoms with van der Waals surface area (Å²) < 4.78 is 5.91. The molecule has 4 nitrogen and oxygen atoms in total. The van der Waals surface area contributed by atoms with Gasteiger partial charge in [0.1, 0.15) is 0 Å². The summed E-state index contributed by atoms with van der Waals surface area (Å²) in [6.45, 7) is 8.69. The Balaban J connectivity index is 1.89. The molecule has 0 radical (unpaired) electrons. The first-order valence-electron chi connectivity index (χ1n) is 7.46. The summed E-state index contributed by atoms with van der Waals surface area (Å²) in [5, 5.41) is 14.0. The maximum atomic E-state index is 10.4. The Morgan fingerprint density at radius 3 is 2.74 bits per heavy atom. The van der Waals surface area contributed by atoms with Gasteiger partial charge in [-0.15, -0.1) is 0 Å². The monoisotopic (exact) mass is 270 g/mol. The molecule has 1 heterocycles. The van der Waals surface area contributed by atoms with Crippen LogP contribution in [0.25, 0.3) is 0 Å². The van der Waals surface area contributed by atoms with E-state index in [1.165, 1.54) is 12.8 Å². The largest absolute Gasteiger partial charge is 0.388 e. The fourth-order valence-corrected chi connectivity index (χ4v) is 4.00. The topological polar surface area (TPSA) is 44.7 Å². The van der Waals surface area contributed by atoms with Gasteiger partial charge in [-0.25, -0.2) is 0 Å². The highest BCUT2D eigenvalue weighted by molar-refractivity contribution is 5.10. The number of fused-ring (bicyclic) bond motifs is 1. The molecule has 2 N–H and O–H groups in total. The van der Waals surface area contributed by atoms with Crippen LogP contribution in [0.1, 0.15) is 33.6 Å². The number of ether oxygens (including phenoxy) is 1. The highest BCUT2D eigenvalue weighted by Crippen LogP contribution is 2.51. The summed E-state index contributed by atoms with van der Waals surface area (Å²) in [7, 11) is 3.99. The molecule has 4 atom stereocenters. The van der Waals surface area contributed by atoms with Crippen LogP contribution in [0.2, 0.25) is 0 Å². The van der Waals surface area contributed by atoms with Crippen LogP contribution in [0, 0.1) is 11.3 Å². The molecule has 1 saturated heterocycles. The van der Waals surface area contributed by atoms with Gasteiger partial charge in [-0.05, 0) is 33.9 Å². The van der Waals surface area contributed by atoms with Crippen molar-refractivity contribution in [3.63, 3.8) is 0 Å². The SMILES string of the molecule is CN(C)CC(C)(O)CNC1C2CCCOC2C1(C)C. The molecule has 0 amide bonds. The summed E-state index contributed by atoms with van der Waals surface area (Å²) in [4.78, 5) is 2.03. The molecule has 19 heavy (non-hydrogen) atoms. The summed E-state index contributed by atoms with van der Waals surface area (Å²) in [5.41, 5.74) is -0.501. The fraction of sp³-hybridized carbons (Fsp3) is 1.00. The van der Waals surface area contributed by atoms with Gasteiger partial charge in [-0.1, -0.05) is 13.8 Å². The normalized spacial score (nSPS) is 36.5. The summed E-state index contributed by atoms with van der Waals surface area (Å²) in [5.74, 6) is 0.624. The van der Waals surface area contributed by atoms with Crippen molar-refractivity contribution in [3.8, 4) is 0 Å². The number of rotatable bonds is 5. The lowest BCUT2D eigenvalue weighted by atomic mass is 9.55. The fourth-order valence-electron chi connectivity index (χ4n) is 4.00. The second-order valence-electron chi connectivity index (χ2n) is 7.51. The third-order valence-electron chi connectivity index (χ3n) is 4.69. The van der Waals surface area contributed by atoms with E-state index in [4.69, 9.17) is 4.74 Å². The highest BCUT2D eigenvalue weighted by Gasteiger charge is 2.57. The van der Waals surface area contributed by atoms with Crippen LogP contribution in [0.15, 0.2) is 0 Å². The number of nitrogens with zero attached hydrogens (tertiary/aromatic N) is 1. The minimum Gasteiger partial charge on any atom is -0.388 e. The zero-order chi connectivity index (χ0) is 14.3. The number of hydrogen-bond acceptors (Lipinski definition) is 4. The van der Waals surface area contributed by atoms with E-state index in [-0.39, 0.29) is 5.41 Å². The van der Waals surface area contributed by atoms with Crippen molar-refractivity contribution in [3.05, 3.63) is 0 Å². The Morgan fingerprint density at radius 1 is 1.42 bits per heavy atom. The second-order valence-corrected chi connectivity index (χ2v) is 7.51. The van der Waals surface area contributed by atoms with Gasteiger partial charge in [-0.3, -0.25) is 0 Å². The van der Waals surface area contributed by atoms with Gasteiger partial charge in [-0.2, -0.15) is 0 Å². The molecular weight excluding hydrogens is 240 g/mol. The molecule has 0 aromatic carbocycles. The molecule has 2 rings (SSSR count). The molecule has 0 aromatic rings. The van der Waals surface area contributed by atoms with Crippen LogP contribution in [0.4, 0.5) is 0 Å². The van der Waals surface area contributed by atoms with Crippen molar-refractivity contribution < 1.29 is 9.84 Å². The Labute approximate surface area is 117 Å². The van der Waals surface area contributed by atoms with Crippen LogP contribution < -0.4 is 5.32 Å². The first kappa shape index (κ1) is 15.2. The number of hydrogen-bond donors (Lipinski definition) is 2. The molecule has 1 aliphatic carbocycles. The Morgan fingerprint density at radius 2 is 2.11 bits per heavy atom. The number of likely N-dealkylation sites (N-methyl/N-ethyl adjacent to an activating group) is 1. The van der Waals surface area contributed by atoms with Crippen LogP contribution in [-0.2, 0) is 4.74 Å². The van der Waals surface area contributed by atoms with Gasteiger partial charge >= 0.3 is 0 Å². The Kier molecular flexibility index (Phi) is 4.26. The second kappa shape index (κ2) is 5.32. The summed E-state index contributed by atoms with van der Waals surface area (Å²) in [6, 6.07) is 0.464. The average molecular weight is 270 g/mol. The van der Waals surface area contributed by atoms with Crippen LogP contribution >= 0.6 is 0 Å². The van der Waals surface area contributed by atoms with Crippen LogP contribution in [0.3, 0.4) is 0 Å². The van der Waals surface area contributed by atoms with Crippen LogP contribution in [-0.4, -0.2) is 61.5 Å². The van der Waals surface area contributed by atoms with E-state index in [1.807, 2.05) is 25.9 Å². The predicted molar refractivity (Wildman–Crippen MR) is 77.2 cm³/mol. The molecule has 0 spiro atoms. The van der Waals surface area contributed by atoms with E-state index in [9.17, 15) is 5.11 Å². The Hall–Kier alpha value is -0.160. The third kappa shape index (κ3) is 3.13. The van der Waals surface area contributed by atoms with E-state index in [2.05, 4.69) is 19.2 Å². The van der Waals surface area contributed by atoms with Crippen molar-refractivity contribution in [2.75, 3.05) is 33.8 Å². The minimum atomic E-state index is -0.680. The van der Waals surface area contributed by atoms with Crippen molar-refractivity contribution in [1.29, 1.82) is 0 Å². The highest BCUT2D eigenvalue weighted by atomic mass is 16.5. The Bertz CT molecular complexity index is 315. The first-order chi connectivity index (χ1) is 8.74. The lowest BCUT2D eigenvalue weighted by molar-refractivity contribution is -0.194. The zero-order valence-corrected chi connectivity index (χ0v) is 13.1. The van der Waals surface area contributed by atoms with Crippen molar-refractivity contribution in [1.82, 2.24) is 10.2 Å². The van der Waals surface area contributed by atoms with Crippen LogP contribution in [0.5, 0.6) is 0 Å². The molecule has 0 aromatic heterocycles. The van der Waals surface area contributed by atoms with E-state index in [1.54, 1.807) is 0 Å². The number of nitrogens with one attached hydrogen (secondary N) is 1. The maximum Gasteiger partial charge on any atom is 0.0869 e. The molecule has 4 unspecified atom stereocenters. The van der Waals surface area contributed by atoms with E-state index in [0.717, 1.165) is 6.61 Å². The molecule has 1 aliphatic heterocycles. The minimum absolute atomic E-state index is 0.180. The van der Waals surface area contributed by atoms with Gasteiger partial charge in [0.2, 0.25) is 0 Å². The molecule has 0 bridgehead atoms. The summed E-state index contributed by atoms with van der Waals surface area (Å²) >= 11 is 0. The van der Waals surface area contributed by atoms with Gasteiger partial charge in [0, 0.05) is 37.1 Å². The van der Waals surface area contributed by atoms with Gasteiger partial charge in [0.15, 0.2) is 0 Å². The van der Waals surface area contributed by atoms with Gasteiger partial charge in [0.05, 0.1) is 11.7 Å². The number of aliphatic hydroxyl groups is 1. The van der Waals surface area contributed by atoms with Gasteiger partial charge < -0.3 is 20.1 Å². The van der Waals surface area contributed by atoms with E-state index < -0.39 is 5.60 Å². The standard InChI is InChI=1S/C15H30N2O2/c1-14(2)12(11-7-6-8-19-13(11)14)16-9-15(3,18)10-17(4)5/h11-13,16,18H,6-10H2,1-5H3.